The van der Waals surface area contributed by atoms with Crippen molar-refractivity contribution in [2.24, 2.45) is 0 Å². The standard InChI is InChI=1S/C10H21NO.C2H6/c1-3-7-11(2)8-9-12-10-5-4-6-10;1-2/h10H,3-9H2,1-2H3;1-2H3. The van der Waals surface area contributed by atoms with Crippen molar-refractivity contribution in [1.29, 1.82) is 0 Å². The summed E-state index contributed by atoms with van der Waals surface area (Å²) in [6, 6.07) is 0. The first-order valence-electron chi connectivity index (χ1n) is 6.13. The van der Waals surface area contributed by atoms with Gasteiger partial charge in [-0.25, -0.2) is 0 Å². The predicted octanol–water partition coefficient (Wildman–Crippen LogP) is 2.92. The third-order valence-electron chi connectivity index (χ3n) is 2.48. The van der Waals surface area contributed by atoms with Gasteiger partial charge in [-0.2, -0.15) is 0 Å². The van der Waals surface area contributed by atoms with E-state index >= 15 is 0 Å². The van der Waals surface area contributed by atoms with Crippen LogP contribution in [-0.2, 0) is 4.74 Å². The third-order valence-corrected chi connectivity index (χ3v) is 2.48. The molecule has 0 spiro atoms. The monoisotopic (exact) mass is 201 g/mol. The molecule has 1 aliphatic rings. The van der Waals surface area contributed by atoms with E-state index in [0.29, 0.717) is 6.10 Å². The van der Waals surface area contributed by atoms with Gasteiger partial charge in [0.25, 0.3) is 0 Å². The molecule has 1 saturated carbocycles. The van der Waals surface area contributed by atoms with Gasteiger partial charge in [0.05, 0.1) is 12.7 Å². The summed E-state index contributed by atoms with van der Waals surface area (Å²) in [6.45, 7) is 9.41. The maximum atomic E-state index is 5.65. The molecule has 0 atom stereocenters. The van der Waals surface area contributed by atoms with Gasteiger partial charge in [-0.15, -0.1) is 0 Å². The van der Waals surface area contributed by atoms with Crippen molar-refractivity contribution in [3.05, 3.63) is 0 Å². The molecule has 2 nitrogen and oxygen atoms in total. The molecule has 0 saturated heterocycles. The highest BCUT2D eigenvalue weighted by Crippen LogP contribution is 2.21. The predicted molar refractivity (Wildman–Crippen MR) is 62.7 cm³/mol. The van der Waals surface area contributed by atoms with Gasteiger partial charge in [-0.05, 0) is 39.3 Å². The maximum Gasteiger partial charge on any atom is 0.0597 e. The average Bonchev–Trinajstić information content (AvgIpc) is 2.13. The molecule has 0 bridgehead atoms. The first-order valence-corrected chi connectivity index (χ1v) is 6.13. The van der Waals surface area contributed by atoms with Crippen LogP contribution < -0.4 is 0 Å². The Bertz CT molecular complexity index is 113. The van der Waals surface area contributed by atoms with Crippen molar-refractivity contribution < 1.29 is 4.74 Å². The van der Waals surface area contributed by atoms with Crippen LogP contribution in [0.4, 0.5) is 0 Å². The topological polar surface area (TPSA) is 12.5 Å². The van der Waals surface area contributed by atoms with Crippen LogP contribution >= 0.6 is 0 Å². The minimum absolute atomic E-state index is 0.597. The van der Waals surface area contributed by atoms with Gasteiger partial charge >= 0.3 is 0 Å². The molecule has 0 unspecified atom stereocenters. The zero-order valence-electron chi connectivity index (χ0n) is 10.4. The zero-order chi connectivity index (χ0) is 10.8. The molecule has 0 N–H and O–H groups in total. The molecule has 0 aromatic heterocycles. The van der Waals surface area contributed by atoms with E-state index in [1.165, 1.54) is 32.2 Å². The summed E-state index contributed by atoms with van der Waals surface area (Å²) in [5.74, 6) is 0. The van der Waals surface area contributed by atoms with Crippen LogP contribution in [0.2, 0.25) is 0 Å². The lowest BCUT2D eigenvalue weighted by molar-refractivity contribution is -0.00505. The molecule has 1 aliphatic carbocycles. The van der Waals surface area contributed by atoms with E-state index in [-0.39, 0.29) is 0 Å². The number of rotatable bonds is 6. The Kier molecular flexibility index (Phi) is 9.42. The Balaban J connectivity index is 0.000000791. The summed E-state index contributed by atoms with van der Waals surface area (Å²) in [7, 11) is 2.16. The molecule has 86 valence electrons. The molecule has 1 fully saturated rings. The summed E-state index contributed by atoms with van der Waals surface area (Å²) in [6.07, 6.45) is 5.78. The maximum absolute atomic E-state index is 5.65. The Labute approximate surface area is 89.6 Å². The number of likely N-dealkylation sites (N-methyl/N-ethyl adjacent to an activating group) is 1. The van der Waals surface area contributed by atoms with E-state index < -0.39 is 0 Å². The van der Waals surface area contributed by atoms with Gasteiger partial charge in [0, 0.05) is 6.54 Å². The van der Waals surface area contributed by atoms with Crippen LogP contribution in [0.25, 0.3) is 0 Å². The Morgan fingerprint density at radius 1 is 1.21 bits per heavy atom. The molecule has 1 rings (SSSR count). The minimum atomic E-state index is 0.597. The molecule has 14 heavy (non-hydrogen) atoms. The van der Waals surface area contributed by atoms with Crippen molar-refractivity contribution >= 4 is 0 Å². The van der Waals surface area contributed by atoms with Crippen LogP contribution in [-0.4, -0.2) is 37.7 Å². The molecule has 0 aliphatic heterocycles. The average molecular weight is 201 g/mol. The number of hydrogen-bond acceptors (Lipinski definition) is 2. The summed E-state index contributed by atoms with van der Waals surface area (Å²) >= 11 is 0. The number of hydrogen-bond donors (Lipinski definition) is 0. The largest absolute Gasteiger partial charge is 0.377 e. The number of nitrogens with zero attached hydrogens (tertiary/aromatic N) is 1. The normalized spacial score (nSPS) is 16.1. The number of ether oxygens (including phenoxy) is 1. The third kappa shape index (κ3) is 6.39. The molecule has 0 aromatic rings. The highest BCUT2D eigenvalue weighted by Gasteiger charge is 2.17. The lowest BCUT2D eigenvalue weighted by atomic mass is 9.96. The Morgan fingerprint density at radius 2 is 1.86 bits per heavy atom. The molecule has 0 amide bonds. The summed E-state index contributed by atoms with van der Waals surface area (Å²) in [4.78, 5) is 2.33. The van der Waals surface area contributed by atoms with Crippen LogP contribution in [0.3, 0.4) is 0 Å². The second-order valence-corrected chi connectivity index (χ2v) is 3.73. The van der Waals surface area contributed by atoms with E-state index in [0.717, 1.165) is 13.2 Å². The Hall–Kier alpha value is -0.0800. The fourth-order valence-electron chi connectivity index (χ4n) is 1.41. The Morgan fingerprint density at radius 3 is 2.29 bits per heavy atom. The SMILES string of the molecule is CC.CCCN(C)CCOC1CCC1. The first kappa shape index (κ1) is 13.9. The van der Waals surface area contributed by atoms with Gasteiger partial charge < -0.3 is 9.64 Å². The zero-order valence-corrected chi connectivity index (χ0v) is 10.4. The van der Waals surface area contributed by atoms with Crippen LogP contribution in [0.1, 0.15) is 46.5 Å². The van der Waals surface area contributed by atoms with Crippen LogP contribution in [0.5, 0.6) is 0 Å². The van der Waals surface area contributed by atoms with Crippen LogP contribution in [0.15, 0.2) is 0 Å². The van der Waals surface area contributed by atoms with Gasteiger partial charge in [0.2, 0.25) is 0 Å². The van der Waals surface area contributed by atoms with Gasteiger partial charge in [0.1, 0.15) is 0 Å². The van der Waals surface area contributed by atoms with Gasteiger partial charge in [-0.3, -0.25) is 0 Å². The second-order valence-electron chi connectivity index (χ2n) is 3.73. The van der Waals surface area contributed by atoms with Crippen molar-refractivity contribution in [2.75, 3.05) is 26.7 Å². The molecule has 0 radical (unpaired) electrons. The molecular formula is C12H27NO. The van der Waals surface area contributed by atoms with E-state index in [2.05, 4.69) is 18.9 Å². The van der Waals surface area contributed by atoms with Gasteiger partial charge in [0.15, 0.2) is 0 Å². The highest BCUT2D eigenvalue weighted by molar-refractivity contribution is 4.69. The van der Waals surface area contributed by atoms with E-state index in [4.69, 9.17) is 4.74 Å². The fourth-order valence-corrected chi connectivity index (χ4v) is 1.41. The fraction of sp³-hybridized carbons (Fsp3) is 1.00. The summed E-state index contributed by atoms with van der Waals surface area (Å²) < 4.78 is 5.65. The lowest BCUT2D eigenvalue weighted by Gasteiger charge is -2.26. The van der Waals surface area contributed by atoms with Crippen molar-refractivity contribution in [2.45, 2.75) is 52.6 Å². The minimum Gasteiger partial charge on any atom is -0.377 e. The van der Waals surface area contributed by atoms with E-state index in [1.54, 1.807) is 0 Å². The molecule has 0 aromatic carbocycles. The van der Waals surface area contributed by atoms with Crippen molar-refractivity contribution in [3.63, 3.8) is 0 Å². The first-order chi connectivity index (χ1) is 6.83. The summed E-state index contributed by atoms with van der Waals surface area (Å²) in [5, 5.41) is 0. The smallest absolute Gasteiger partial charge is 0.0597 e. The molecule has 2 heteroatoms. The van der Waals surface area contributed by atoms with Gasteiger partial charge in [-0.1, -0.05) is 20.8 Å². The molecular weight excluding hydrogens is 174 g/mol. The molecule has 0 heterocycles. The van der Waals surface area contributed by atoms with E-state index in [1.807, 2.05) is 13.8 Å². The summed E-state index contributed by atoms with van der Waals surface area (Å²) in [5.41, 5.74) is 0. The second kappa shape index (κ2) is 9.47. The van der Waals surface area contributed by atoms with Crippen molar-refractivity contribution in [1.82, 2.24) is 4.90 Å². The quantitative estimate of drug-likeness (QED) is 0.655. The van der Waals surface area contributed by atoms with Crippen molar-refractivity contribution in [3.8, 4) is 0 Å². The lowest BCUT2D eigenvalue weighted by Crippen LogP contribution is -2.28. The van der Waals surface area contributed by atoms with E-state index in [9.17, 15) is 0 Å². The highest BCUT2D eigenvalue weighted by atomic mass is 16.5. The van der Waals surface area contributed by atoms with Crippen LogP contribution in [0, 0.1) is 0 Å².